The summed E-state index contributed by atoms with van der Waals surface area (Å²) in [5, 5.41) is 6.16. The van der Waals surface area contributed by atoms with Crippen LogP contribution in [-0.2, 0) is 6.18 Å². The molecule has 0 radical (unpaired) electrons. The maximum absolute atomic E-state index is 12.6. The Morgan fingerprint density at radius 2 is 2.00 bits per heavy atom. The summed E-state index contributed by atoms with van der Waals surface area (Å²) in [7, 11) is 0. The second-order valence-electron chi connectivity index (χ2n) is 5.40. The molecular formula is C19H13F3N2O4. The third-order valence-electron chi connectivity index (χ3n) is 3.44. The van der Waals surface area contributed by atoms with E-state index < -0.39 is 17.6 Å². The number of hydrogen-bond acceptors (Lipinski definition) is 5. The molecule has 0 saturated carbocycles. The number of carbonyl (C=O) groups is 1. The Morgan fingerprint density at radius 3 is 2.75 bits per heavy atom. The molecule has 0 aliphatic heterocycles. The van der Waals surface area contributed by atoms with Crippen molar-refractivity contribution in [3.05, 3.63) is 60.0 Å². The van der Waals surface area contributed by atoms with Gasteiger partial charge in [-0.25, -0.2) is 0 Å². The van der Waals surface area contributed by atoms with E-state index in [1.165, 1.54) is 24.5 Å². The number of amides is 1. The van der Waals surface area contributed by atoms with Crippen LogP contribution in [-0.4, -0.2) is 24.2 Å². The molecule has 3 aromatic rings. The van der Waals surface area contributed by atoms with Gasteiger partial charge in [-0.3, -0.25) is 4.79 Å². The quantitative estimate of drug-likeness (QED) is 0.671. The van der Waals surface area contributed by atoms with Crippen molar-refractivity contribution >= 4 is 5.91 Å². The van der Waals surface area contributed by atoms with Crippen LogP contribution in [0.3, 0.4) is 0 Å². The number of aromatic nitrogens is 1. The highest BCUT2D eigenvalue weighted by atomic mass is 19.4. The molecule has 0 aliphatic carbocycles. The fourth-order valence-electron chi connectivity index (χ4n) is 2.13. The van der Waals surface area contributed by atoms with Crippen molar-refractivity contribution in [1.29, 1.82) is 0 Å². The minimum Gasteiger partial charge on any atom is -0.481 e. The van der Waals surface area contributed by atoms with E-state index in [1.54, 1.807) is 12.1 Å². The van der Waals surface area contributed by atoms with Gasteiger partial charge in [0.2, 0.25) is 5.76 Å². The van der Waals surface area contributed by atoms with E-state index in [0.29, 0.717) is 11.5 Å². The summed E-state index contributed by atoms with van der Waals surface area (Å²) in [5.74, 6) is 5.55. The van der Waals surface area contributed by atoms with Gasteiger partial charge in [-0.15, -0.1) is 0 Å². The lowest BCUT2D eigenvalue weighted by atomic mass is 10.2. The molecule has 28 heavy (non-hydrogen) atoms. The Morgan fingerprint density at radius 1 is 1.14 bits per heavy atom. The van der Waals surface area contributed by atoms with Crippen LogP contribution in [0.2, 0.25) is 0 Å². The average molecular weight is 390 g/mol. The summed E-state index contributed by atoms with van der Waals surface area (Å²) in [5.41, 5.74) is -0.736. The van der Waals surface area contributed by atoms with Crippen molar-refractivity contribution in [2.75, 3.05) is 13.2 Å². The highest BCUT2D eigenvalue weighted by Crippen LogP contribution is 2.31. The van der Waals surface area contributed by atoms with E-state index in [0.717, 1.165) is 12.1 Å². The van der Waals surface area contributed by atoms with E-state index in [2.05, 4.69) is 22.3 Å². The molecular weight excluding hydrogens is 377 g/mol. The van der Waals surface area contributed by atoms with Crippen molar-refractivity contribution in [2.45, 2.75) is 6.18 Å². The van der Waals surface area contributed by atoms with Crippen molar-refractivity contribution in [3.63, 3.8) is 0 Å². The Kier molecular flexibility index (Phi) is 5.69. The Bertz CT molecular complexity index is 998. The summed E-state index contributed by atoms with van der Waals surface area (Å²) >= 11 is 0. The van der Waals surface area contributed by atoms with Crippen molar-refractivity contribution in [2.24, 2.45) is 0 Å². The Balaban J connectivity index is 1.45. The number of benzene rings is 1. The first kappa shape index (κ1) is 19.1. The molecule has 0 spiro atoms. The van der Waals surface area contributed by atoms with Crippen LogP contribution >= 0.6 is 0 Å². The maximum atomic E-state index is 12.6. The number of nitrogens with zero attached hydrogens (tertiary/aromatic N) is 1. The first-order valence-electron chi connectivity index (χ1n) is 7.98. The first-order valence-corrected chi connectivity index (χ1v) is 7.98. The van der Waals surface area contributed by atoms with Gasteiger partial charge in [0.15, 0.2) is 11.5 Å². The highest BCUT2D eigenvalue weighted by molar-refractivity contribution is 5.93. The number of carbonyl (C=O) groups excluding carboxylic acids is 1. The standard InChI is InChI=1S/C19H13F3N2O4/c20-19(21,22)13-5-3-6-14(11-13)26-9-2-1-8-23-18(25)15-12-17(28-24-15)16-7-4-10-27-16/h3-7,10-12H,8-9H2,(H,23,25). The van der Waals surface area contributed by atoms with E-state index in [1.807, 2.05) is 0 Å². The van der Waals surface area contributed by atoms with Crippen LogP contribution in [0.5, 0.6) is 5.75 Å². The molecule has 0 unspecified atom stereocenters. The molecule has 1 aromatic carbocycles. The maximum Gasteiger partial charge on any atom is 0.416 e. The average Bonchev–Trinajstić information content (AvgIpc) is 3.35. The molecule has 1 N–H and O–H groups in total. The fraction of sp³-hybridized carbons (Fsp3) is 0.158. The Labute approximate surface area is 157 Å². The number of alkyl halides is 3. The zero-order chi connectivity index (χ0) is 20.0. The highest BCUT2D eigenvalue weighted by Gasteiger charge is 2.30. The molecule has 0 bridgehead atoms. The smallest absolute Gasteiger partial charge is 0.416 e. The summed E-state index contributed by atoms with van der Waals surface area (Å²) in [6, 6.07) is 9.27. The fourth-order valence-corrected chi connectivity index (χ4v) is 2.13. The number of halogens is 3. The minimum atomic E-state index is -4.44. The molecule has 9 heteroatoms. The van der Waals surface area contributed by atoms with Crippen LogP contribution < -0.4 is 10.1 Å². The Hall–Kier alpha value is -3.67. The van der Waals surface area contributed by atoms with Crippen LogP contribution in [0.15, 0.2) is 57.7 Å². The molecule has 0 aliphatic rings. The van der Waals surface area contributed by atoms with Crippen LogP contribution in [0.1, 0.15) is 16.1 Å². The molecule has 0 saturated heterocycles. The number of rotatable bonds is 5. The van der Waals surface area contributed by atoms with Gasteiger partial charge in [-0.05, 0) is 30.3 Å². The molecule has 0 fully saturated rings. The molecule has 3 rings (SSSR count). The van der Waals surface area contributed by atoms with E-state index >= 15 is 0 Å². The predicted octanol–water partition coefficient (Wildman–Crippen LogP) is 3.77. The summed E-state index contributed by atoms with van der Waals surface area (Å²) < 4.78 is 53.1. The van der Waals surface area contributed by atoms with Gasteiger partial charge < -0.3 is 19.0 Å². The van der Waals surface area contributed by atoms with Crippen LogP contribution in [0.25, 0.3) is 11.5 Å². The third-order valence-corrected chi connectivity index (χ3v) is 3.44. The SMILES string of the molecule is O=C(NCC#CCOc1cccc(C(F)(F)F)c1)c1cc(-c2ccco2)on1. The normalized spacial score (nSPS) is 10.8. The van der Waals surface area contributed by atoms with Crippen molar-refractivity contribution < 1.29 is 31.6 Å². The molecule has 2 heterocycles. The summed E-state index contributed by atoms with van der Waals surface area (Å²) in [4.78, 5) is 11.9. The van der Waals surface area contributed by atoms with Crippen LogP contribution in [0.4, 0.5) is 13.2 Å². The number of furan rings is 1. The van der Waals surface area contributed by atoms with Crippen molar-refractivity contribution in [3.8, 4) is 29.1 Å². The minimum absolute atomic E-state index is 0.00767. The predicted molar refractivity (Wildman–Crippen MR) is 91.3 cm³/mol. The lowest BCUT2D eigenvalue weighted by molar-refractivity contribution is -0.137. The van der Waals surface area contributed by atoms with E-state index in [9.17, 15) is 18.0 Å². The van der Waals surface area contributed by atoms with E-state index in [4.69, 9.17) is 13.7 Å². The number of ether oxygens (including phenoxy) is 1. The summed E-state index contributed by atoms with van der Waals surface area (Å²) in [6.07, 6.45) is -2.97. The second-order valence-corrected chi connectivity index (χ2v) is 5.40. The number of nitrogens with one attached hydrogen (secondary N) is 1. The lowest BCUT2D eigenvalue weighted by Gasteiger charge is -2.08. The van der Waals surface area contributed by atoms with Crippen LogP contribution in [0, 0.1) is 11.8 Å². The van der Waals surface area contributed by atoms with Gasteiger partial charge in [0.25, 0.3) is 5.91 Å². The molecule has 2 aromatic heterocycles. The molecule has 144 valence electrons. The van der Waals surface area contributed by atoms with Gasteiger partial charge in [-0.1, -0.05) is 23.1 Å². The first-order chi connectivity index (χ1) is 13.4. The van der Waals surface area contributed by atoms with Gasteiger partial charge in [0.1, 0.15) is 12.4 Å². The zero-order valence-corrected chi connectivity index (χ0v) is 14.2. The third kappa shape index (κ3) is 4.94. The van der Waals surface area contributed by atoms with Gasteiger partial charge >= 0.3 is 6.18 Å². The largest absolute Gasteiger partial charge is 0.481 e. The van der Waals surface area contributed by atoms with E-state index in [-0.39, 0.29) is 24.6 Å². The lowest BCUT2D eigenvalue weighted by Crippen LogP contribution is -2.23. The van der Waals surface area contributed by atoms with Gasteiger partial charge in [-0.2, -0.15) is 13.2 Å². The molecule has 0 atom stereocenters. The van der Waals surface area contributed by atoms with Gasteiger partial charge in [0, 0.05) is 6.07 Å². The monoisotopic (exact) mass is 390 g/mol. The summed E-state index contributed by atoms with van der Waals surface area (Å²) in [6.45, 7) is -0.114. The van der Waals surface area contributed by atoms with Gasteiger partial charge in [0.05, 0.1) is 18.4 Å². The number of hydrogen-bond donors (Lipinski definition) is 1. The topological polar surface area (TPSA) is 77.5 Å². The second kappa shape index (κ2) is 8.35. The molecule has 1 amide bonds. The van der Waals surface area contributed by atoms with Crippen molar-refractivity contribution in [1.82, 2.24) is 10.5 Å². The zero-order valence-electron chi connectivity index (χ0n) is 14.2. The molecule has 6 nitrogen and oxygen atoms in total.